The fraction of sp³-hybridized carbons (Fsp3) is 0.850. The number of carbonyl (C=O) groups excluding carboxylic acids is 1. The van der Waals surface area contributed by atoms with Crippen molar-refractivity contribution in [3.05, 3.63) is 11.6 Å². The van der Waals surface area contributed by atoms with Crippen molar-refractivity contribution >= 4 is 5.78 Å². The Kier molecular flexibility index (Phi) is 3.35. The van der Waals surface area contributed by atoms with Crippen LogP contribution in [-0.2, 0) is 4.79 Å². The van der Waals surface area contributed by atoms with Crippen LogP contribution in [0, 0.1) is 28.6 Å². The number of ketones is 1. The molecule has 6 atom stereocenters. The average molecular weight is 302 g/mol. The molecule has 0 heterocycles. The highest BCUT2D eigenvalue weighted by molar-refractivity contribution is 5.85. The van der Waals surface area contributed by atoms with Gasteiger partial charge in [0.1, 0.15) is 5.78 Å². The topological polar surface area (TPSA) is 37.3 Å². The van der Waals surface area contributed by atoms with Crippen LogP contribution in [-0.4, -0.2) is 17.0 Å². The van der Waals surface area contributed by atoms with E-state index in [2.05, 4.69) is 19.9 Å². The summed E-state index contributed by atoms with van der Waals surface area (Å²) in [6.45, 7) is 4.72. The minimum atomic E-state index is -0.124. The van der Waals surface area contributed by atoms with Gasteiger partial charge in [-0.1, -0.05) is 25.5 Å². The predicted molar refractivity (Wildman–Crippen MR) is 87.3 cm³/mol. The van der Waals surface area contributed by atoms with Gasteiger partial charge in [-0.05, 0) is 74.5 Å². The zero-order valence-electron chi connectivity index (χ0n) is 14.1. The van der Waals surface area contributed by atoms with E-state index in [4.69, 9.17) is 0 Å². The number of hydrogen-bond acceptors (Lipinski definition) is 2. The van der Waals surface area contributed by atoms with Crippen LogP contribution in [0.15, 0.2) is 11.6 Å². The summed E-state index contributed by atoms with van der Waals surface area (Å²) in [6, 6.07) is 0. The average Bonchev–Trinajstić information content (AvgIpc) is 2.49. The highest BCUT2D eigenvalue weighted by Crippen LogP contribution is 2.63. The Balaban J connectivity index is 1.69. The second-order valence-corrected chi connectivity index (χ2v) is 8.93. The third kappa shape index (κ3) is 1.92. The maximum Gasteiger partial charge on any atom is 0.139 e. The molecule has 2 nitrogen and oxygen atoms in total. The molecule has 0 aliphatic heterocycles. The van der Waals surface area contributed by atoms with E-state index < -0.39 is 0 Å². The fourth-order valence-corrected chi connectivity index (χ4v) is 6.61. The molecule has 0 amide bonds. The molecule has 0 spiro atoms. The summed E-state index contributed by atoms with van der Waals surface area (Å²) >= 11 is 0. The molecule has 0 bridgehead atoms. The number of Topliss-reactive ketones (excluding diaryl/α,β-unsaturated/α-hetero) is 1. The molecule has 122 valence electrons. The van der Waals surface area contributed by atoms with Crippen LogP contribution in [0.25, 0.3) is 0 Å². The van der Waals surface area contributed by atoms with Crippen molar-refractivity contribution in [2.45, 2.75) is 77.7 Å². The molecule has 2 heteroatoms. The van der Waals surface area contributed by atoms with Crippen molar-refractivity contribution in [1.82, 2.24) is 0 Å². The second-order valence-electron chi connectivity index (χ2n) is 8.93. The number of rotatable bonds is 0. The largest absolute Gasteiger partial charge is 0.393 e. The lowest BCUT2D eigenvalue weighted by Gasteiger charge is -2.59. The highest BCUT2D eigenvalue weighted by atomic mass is 16.3. The molecule has 4 rings (SSSR count). The minimum Gasteiger partial charge on any atom is -0.393 e. The third-order valence-electron chi connectivity index (χ3n) is 8.02. The van der Waals surface area contributed by atoms with E-state index in [9.17, 15) is 9.90 Å². The van der Waals surface area contributed by atoms with Crippen molar-refractivity contribution in [3.8, 4) is 0 Å². The van der Waals surface area contributed by atoms with Crippen LogP contribution in [0.2, 0.25) is 0 Å². The fourth-order valence-electron chi connectivity index (χ4n) is 6.61. The number of hydrogen-bond donors (Lipinski definition) is 1. The monoisotopic (exact) mass is 302 g/mol. The van der Waals surface area contributed by atoms with E-state index in [-0.39, 0.29) is 11.5 Å². The molecule has 0 radical (unpaired) electrons. The van der Waals surface area contributed by atoms with Crippen LogP contribution in [0.5, 0.6) is 0 Å². The van der Waals surface area contributed by atoms with Crippen molar-refractivity contribution in [3.63, 3.8) is 0 Å². The third-order valence-corrected chi connectivity index (χ3v) is 8.02. The van der Waals surface area contributed by atoms with E-state index in [0.717, 1.165) is 50.9 Å². The first-order chi connectivity index (χ1) is 10.4. The molecule has 3 fully saturated rings. The van der Waals surface area contributed by atoms with Gasteiger partial charge in [0.25, 0.3) is 0 Å². The summed E-state index contributed by atoms with van der Waals surface area (Å²) in [5.41, 5.74) is 1.79. The number of aliphatic hydroxyl groups excluding tert-OH is 1. The first kappa shape index (κ1) is 14.9. The molecule has 4 aliphatic carbocycles. The summed E-state index contributed by atoms with van der Waals surface area (Å²) in [6.07, 6.45) is 12.0. The number of aliphatic hydroxyl groups is 1. The van der Waals surface area contributed by atoms with Gasteiger partial charge in [-0.25, -0.2) is 0 Å². The van der Waals surface area contributed by atoms with E-state index in [1.807, 2.05) is 0 Å². The molecule has 3 saturated carbocycles. The molecule has 3 unspecified atom stereocenters. The van der Waals surface area contributed by atoms with Gasteiger partial charge in [-0.15, -0.1) is 0 Å². The van der Waals surface area contributed by atoms with Gasteiger partial charge in [0.05, 0.1) is 6.10 Å². The van der Waals surface area contributed by atoms with Crippen LogP contribution >= 0.6 is 0 Å². The summed E-state index contributed by atoms with van der Waals surface area (Å²) < 4.78 is 0. The molecule has 0 saturated heterocycles. The lowest BCUT2D eigenvalue weighted by atomic mass is 9.45. The SMILES string of the molecule is C[C@]12CC[C@H](O)CC1=CCC1C2CC[C@]2(C)C(=O)CCCC12. The molecule has 4 aliphatic rings. The Hall–Kier alpha value is -0.630. The van der Waals surface area contributed by atoms with Crippen molar-refractivity contribution in [2.24, 2.45) is 28.6 Å². The molecule has 0 aromatic carbocycles. The van der Waals surface area contributed by atoms with Gasteiger partial charge < -0.3 is 5.11 Å². The molecule has 0 aromatic heterocycles. The maximum absolute atomic E-state index is 12.6. The highest BCUT2D eigenvalue weighted by Gasteiger charge is 2.57. The van der Waals surface area contributed by atoms with Gasteiger partial charge in [0, 0.05) is 11.8 Å². The van der Waals surface area contributed by atoms with Gasteiger partial charge in [-0.3, -0.25) is 4.79 Å². The predicted octanol–water partition coefficient (Wildman–Crippen LogP) is 4.27. The van der Waals surface area contributed by atoms with Gasteiger partial charge in [-0.2, -0.15) is 0 Å². The Morgan fingerprint density at radius 2 is 1.82 bits per heavy atom. The molecular formula is C20H30O2. The Labute approximate surface area is 134 Å². The second kappa shape index (κ2) is 4.93. The van der Waals surface area contributed by atoms with E-state index in [1.165, 1.54) is 18.4 Å². The first-order valence-corrected chi connectivity index (χ1v) is 9.36. The Morgan fingerprint density at radius 3 is 2.64 bits per heavy atom. The summed E-state index contributed by atoms with van der Waals surface area (Å²) in [5, 5.41) is 10.0. The van der Waals surface area contributed by atoms with Crippen LogP contribution in [0.4, 0.5) is 0 Å². The van der Waals surface area contributed by atoms with E-state index >= 15 is 0 Å². The summed E-state index contributed by atoms with van der Waals surface area (Å²) in [4.78, 5) is 12.6. The standard InChI is InChI=1S/C20H30O2/c1-19-10-8-14(21)12-13(19)6-7-15-16-4-3-5-18(22)20(16,2)11-9-17(15)19/h6,14-17,21H,3-5,7-12H2,1-2H3/t14-,15?,16?,17?,19-,20-/m0/s1. The van der Waals surface area contributed by atoms with Gasteiger partial charge in [0.15, 0.2) is 0 Å². The Morgan fingerprint density at radius 1 is 1.09 bits per heavy atom. The van der Waals surface area contributed by atoms with E-state index in [1.54, 1.807) is 0 Å². The molecule has 22 heavy (non-hydrogen) atoms. The molecule has 1 N–H and O–H groups in total. The summed E-state index contributed by atoms with van der Waals surface area (Å²) in [7, 11) is 0. The number of carbonyl (C=O) groups is 1. The van der Waals surface area contributed by atoms with E-state index in [0.29, 0.717) is 23.0 Å². The van der Waals surface area contributed by atoms with Crippen LogP contribution < -0.4 is 0 Å². The van der Waals surface area contributed by atoms with Crippen LogP contribution in [0.1, 0.15) is 71.6 Å². The number of allylic oxidation sites excluding steroid dienone is 1. The number of fused-ring (bicyclic) bond motifs is 5. The van der Waals surface area contributed by atoms with Crippen LogP contribution in [0.3, 0.4) is 0 Å². The smallest absolute Gasteiger partial charge is 0.139 e. The summed E-state index contributed by atoms with van der Waals surface area (Å²) in [5.74, 6) is 2.59. The van der Waals surface area contributed by atoms with Crippen molar-refractivity contribution < 1.29 is 9.90 Å². The first-order valence-electron chi connectivity index (χ1n) is 9.36. The normalized spacial score (nSPS) is 51.4. The van der Waals surface area contributed by atoms with Crippen molar-refractivity contribution in [2.75, 3.05) is 0 Å². The molecule has 0 aromatic rings. The minimum absolute atomic E-state index is 0.0324. The zero-order valence-corrected chi connectivity index (χ0v) is 14.1. The molecular weight excluding hydrogens is 272 g/mol. The lowest BCUT2D eigenvalue weighted by Crippen LogP contribution is -2.54. The lowest BCUT2D eigenvalue weighted by molar-refractivity contribution is -0.145. The van der Waals surface area contributed by atoms with Gasteiger partial charge in [0.2, 0.25) is 0 Å². The Bertz CT molecular complexity index is 522. The maximum atomic E-state index is 12.6. The zero-order chi connectivity index (χ0) is 15.5. The van der Waals surface area contributed by atoms with Crippen molar-refractivity contribution in [1.29, 1.82) is 0 Å². The quantitative estimate of drug-likeness (QED) is 0.679. The van der Waals surface area contributed by atoms with Gasteiger partial charge >= 0.3 is 0 Å².